The molecule has 7 atom stereocenters. The van der Waals surface area contributed by atoms with Crippen LogP contribution in [0.3, 0.4) is 0 Å². The Morgan fingerprint density at radius 1 is 0.429 bits per heavy atom. The van der Waals surface area contributed by atoms with Gasteiger partial charge in [-0.25, -0.2) is 0 Å². The van der Waals surface area contributed by atoms with Gasteiger partial charge in [-0.15, -0.1) is 6.58 Å². The summed E-state index contributed by atoms with van der Waals surface area (Å²) in [7, 11) is 0. The summed E-state index contributed by atoms with van der Waals surface area (Å²) < 4.78 is 0. The van der Waals surface area contributed by atoms with Crippen molar-refractivity contribution in [1.82, 2.24) is 61.3 Å². The Bertz CT molecular complexity index is 1070. The van der Waals surface area contributed by atoms with E-state index in [-0.39, 0.29) is 58.1 Å². The molecule has 0 spiro atoms. The Labute approximate surface area is 326 Å². The van der Waals surface area contributed by atoms with Gasteiger partial charge >= 0.3 is 0 Å². The van der Waals surface area contributed by atoms with E-state index in [9.17, 15) is 0 Å². The molecule has 6 N–H and O–H groups in total. The minimum atomic E-state index is 0. The molecular formula is C34H62IN12PW. The topological polar surface area (TPSA) is 91.6 Å². The van der Waals surface area contributed by atoms with Crippen molar-refractivity contribution in [3.63, 3.8) is 0 Å². The van der Waals surface area contributed by atoms with Gasteiger partial charge in [0.15, 0.2) is 0 Å². The van der Waals surface area contributed by atoms with Crippen molar-refractivity contribution in [1.29, 1.82) is 0 Å². The zero-order valence-corrected chi connectivity index (χ0v) is 36.8. The molecular weight excluding hydrogens is 918 g/mol. The number of nitrogens with zero attached hydrogens (tertiary/aromatic N) is 6. The molecule has 0 aromatic carbocycles. The van der Waals surface area contributed by atoms with Crippen molar-refractivity contribution < 1.29 is 21.1 Å². The molecule has 0 aromatic rings. The zero-order valence-electron chi connectivity index (χ0n) is 30.6. The van der Waals surface area contributed by atoms with E-state index in [1.54, 1.807) is 6.08 Å². The van der Waals surface area contributed by atoms with Crippen LogP contribution in [0.25, 0.3) is 0 Å². The summed E-state index contributed by atoms with van der Waals surface area (Å²) in [6.07, 6.45) is 23.7. The summed E-state index contributed by atoms with van der Waals surface area (Å²) in [5.41, 5.74) is 0. The monoisotopic (exact) mass is 980 g/mol. The van der Waals surface area contributed by atoms with Gasteiger partial charge in [0.25, 0.3) is 0 Å². The Morgan fingerprint density at radius 3 is 0.755 bits per heavy atom. The van der Waals surface area contributed by atoms with Crippen molar-refractivity contribution in [2.75, 3.05) is 0 Å². The van der Waals surface area contributed by atoms with Crippen molar-refractivity contribution in [2.45, 2.75) is 129 Å². The third-order valence-corrected chi connectivity index (χ3v) is 9.22. The van der Waals surface area contributed by atoms with Gasteiger partial charge in [0, 0.05) is 21.1 Å². The van der Waals surface area contributed by atoms with E-state index in [4.69, 9.17) is 0 Å². The van der Waals surface area contributed by atoms with Crippen molar-refractivity contribution in [3.05, 3.63) is 87.8 Å². The van der Waals surface area contributed by atoms with Crippen LogP contribution >= 0.6 is 28.9 Å². The standard InChI is InChI=1S/C21H30N6.C6H12N6.C3H6.2C2H6.H2IP.W/c1-7-13-25-18-19-24(12-6)17-21(26(19)14-8-2)27(15-9-3)20(25)16(22(17)10-4)23(18)11-5;7-1-2-8-5(7)6-9-3(11-1)4(10-6)12-2;1-3-2;3*1-2;/h7-21H,4-6H2,1-3H3;1-12H;3H,1H2,2H3;2*1-2H3;2H2;/b13-7-,14-8?,15-9-;;;;;;. The molecule has 10 fully saturated rings. The molecule has 0 aliphatic carbocycles. The van der Waals surface area contributed by atoms with E-state index in [1.165, 1.54) is 0 Å². The SMILES string of the molecule is C=CC.C=CN1C2C3N(C=CC)C1C1N(C=C)C(C(N3/C=C\C)N1/C=C\C)N2C=C.CC.CC.N1C2NC3NC4NC3NC2NC14.PI.[W]. The quantitative estimate of drug-likeness (QED) is 0.133. The van der Waals surface area contributed by atoms with Gasteiger partial charge in [-0.3, -0.25) is 31.9 Å². The molecule has 10 heterocycles. The van der Waals surface area contributed by atoms with Crippen molar-refractivity contribution in [2.24, 2.45) is 0 Å². The van der Waals surface area contributed by atoms with E-state index in [0.717, 1.165) is 0 Å². The molecule has 12 nitrogen and oxygen atoms in total. The summed E-state index contributed by atoms with van der Waals surface area (Å²) in [4.78, 5) is 14.5. The Morgan fingerprint density at radius 2 is 0.592 bits per heavy atom. The fourth-order valence-corrected chi connectivity index (χ4v) is 8.01. The van der Waals surface area contributed by atoms with Gasteiger partial charge in [0.2, 0.25) is 0 Å². The maximum absolute atomic E-state index is 4.16. The van der Waals surface area contributed by atoms with E-state index >= 15 is 0 Å². The summed E-state index contributed by atoms with van der Waals surface area (Å²) in [5, 5.41) is 20.8. The summed E-state index contributed by atoms with van der Waals surface area (Å²) in [5.74, 6) is 0. The molecule has 276 valence electrons. The number of piperazine rings is 2. The molecule has 7 unspecified atom stereocenters. The van der Waals surface area contributed by atoms with Gasteiger partial charge in [-0.1, -0.05) is 101 Å². The minimum Gasteiger partial charge on any atom is -0.331 e. The molecule has 0 aromatic heterocycles. The van der Waals surface area contributed by atoms with Crippen LogP contribution in [-0.2, 0) is 21.1 Å². The number of nitrogens with one attached hydrogen (secondary N) is 6. The van der Waals surface area contributed by atoms with Gasteiger partial charge in [-0.05, 0) is 64.9 Å². The van der Waals surface area contributed by atoms with Crippen LogP contribution in [0.5, 0.6) is 0 Å². The molecule has 10 aliphatic heterocycles. The molecule has 15 heteroatoms. The molecule has 0 amide bonds. The predicted octanol–water partition coefficient (Wildman–Crippen LogP) is 3.83. The van der Waals surface area contributed by atoms with Crippen LogP contribution in [0.4, 0.5) is 0 Å². The maximum Gasteiger partial charge on any atom is 0.144 e. The van der Waals surface area contributed by atoms with Gasteiger partial charge in [0.1, 0.15) is 37.0 Å². The maximum atomic E-state index is 4.16. The third-order valence-electron chi connectivity index (χ3n) is 9.22. The average Bonchev–Trinajstić information content (AvgIpc) is 3.80. The second-order valence-corrected chi connectivity index (χ2v) is 11.4. The first-order valence-corrected chi connectivity index (χ1v) is 21.4. The first kappa shape index (κ1) is 43.8. The molecule has 10 aliphatic rings. The van der Waals surface area contributed by atoms with E-state index in [2.05, 4.69) is 174 Å². The van der Waals surface area contributed by atoms with Crippen molar-refractivity contribution in [3.8, 4) is 0 Å². The molecule has 10 saturated heterocycles. The van der Waals surface area contributed by atoms with Crippen molar-refractivity contribution >= 4 is 28.9 Å². The number of rotatable bonds is 6. The second kappa shape index (κ2) is 20.6. The van der Waals surface area contributed by atoms with Crippen LogP contribution in [0.2, 0.25) is 0 Å². The fourth-order valence-electron chi connectivity index (χ4n) is 8.01. The van der Waals surface area contributed by atoms with Crippen LogP contribution in [0, 0.1) is 0 Å². The Balaban J connectivity index is 0.000000313. The zero-order chi connectivity index (χ0) is 35.7. The van der Waals surface area contributed by atoms with Gasteiger partial charge in [-0.2, -0.15) is 0 Å². The molecule has 49 heavy (non-hydrogen) atoms. The van der Waals surface area contributed by atoms with Gasteiger partial charge < -0.3 is 29.4 Å². The second-order valence-electron chi connectivity index (χ2n) is 11.4. The van der Waals surface area contributed by atoms with E-state index in [1.807, 2.05) is 53.2 Å². The number of halogens is 1. The Hall–Kier alpha value is -1.41. The van der Waals surface area contributed by atoms with Crippen LogP contribution in [0.1, 0.15) is 55.4 Å². The average molecular weight is 981 g/mol. The van der Waals surface area contributed by atoms with Crippen LogP contribution in [-0.4, -0.2) is 103 Å². The normalized spacial score (nSPS) is 37.2. The largest absolute Gasteiger partial charge is 0.331 e. The molecule has 12 bridgehead atoms. The number of hydrogen-bond acceptors (Lipinski definition) is 12. The smallest absolute Gasteiger partial charge is 0.144 e. The predicted molar refractivity (Wildman–Crippen MR) is 213 cm³/mol. The summed E-state index contributed by atoms with van der Waals surface area (Å²) in [6, 6.07) is 0. The molecule has 0 saturated carbocycles. The number of hydrogen-bond donors (Lipinski definition) is 6. The summed E-state index contributed by atoms with van der Waals surface area (Å²) in [6.45, 7) is 34.3. The minimum absolute atomic E-state index is 0. The van der Waals surface area contributed by atoms with Gasteiger partial charge in [0.05, 0.1) is 37.0 Å². The third kappa shape index (κ3) is 7.71. The Kier molecular flexibility index (Phi) is 18.4. The first-order valence-electron chi connectivity index (χ1n) is 17.3. The first-order chi connectivity index (χ1) is 23.5. The van der Waals surface area contributed by atoms with Crippen LogP contribution < -0.4 is 31.9 Å². The molecule has 10 rings (SSSR count). The fraction of sp³-hybridized carbons (Fsp3) is 0.588. The van der Waals surface area contributed by atoms with Crippen LogP contribution in [0.15, 0.2) is 87.8 Å². The number of allylic oxidation sites excluding steroid dienone is 4. The van der Waals surface area contributed by atoms with E-state index in [0.29, 0.717) is 37.0 Å². The van der Waals surface area contributed by atoms with E-state index < -0.39 is 0 Å². The summed E-state index contributed by atoms with van der Waals surface area (Å²) >= 11 is 2.07. The molecule has 0 radical (unpaired) electrons.